The van der Waals surface area contributed by atoms with Crippen LogP contribution in [0.2, 0.25) is 5.02 Å². The smallest absolute Gasteiger partial charge is 0.0412 e. The van der Waals surface area contributed by atoms with Crippen LogP contribution in [-0.4, -0.2) is 13.6 Å². The number of nitrogens with one attached hydrogen (secondary N) is 1. The van der Waals surface area contributed by atoms with Crippen molar-refractivity contribution in [2.75, 3.05) is 13.6 Å². The highest BCUT2D eigenvalue weighted by Gasteiger charge is 2.02. The van der Waals surface area contributed by atoms with Crippen LogP contribution in [0.1, 0.15) is 4.88 Å². The second-order valence-corrected chi connectivity index (χ2v) is 5.23. The van der Waals surface area contributed by atoms with Crippen LogP contribution in [0.4, 0.5) is 0 Å². The molecule has 0 radical (unpaired) electrons. The first-order chi connectivity index (χ1) is 7.79. The van der Waals surface area contributed by atoms with E-state index in [-0.39, 0.29) is 0 Å². The van der Waals surface area contributed by atoms with Gasteiger partial charge in [-0.05, 0) is 49.8 Å². The lowest BCUT2D eigenvalue weighted by Gasteiger charge is -1.98. The van der Waals surface area contributed by atoms with E-state index in [4.69, 9.17) is 11.6 Å². The fraction of sp³-hybridized carbons (Fsp3) is 0.231. The molecule has 0 saturated carbocycles. The zero-order chi connectivity index (χ0) is 11.4. The molecule has 1 heterocycles. The van der Waals surface area contributed by atoms with Gasteiger partial charge in [-0.2, -0.15) is 0 Å². The average Bonchev–Trinajstić information content (AvgIpc) is 2.75. The normalized spacial score (nSPS) is 10.6. The average molecular weight is 252 g/mol. The number of benzene rings is 1. The van der Waals surface area contributed by atoms with E-state index in [1.165, 1.54) is 15.3 Å². The monoisotopic (exact) mass is 251 g/mol. The van der Waals surface area contributed by atoms with Crippen molar-refractivity contribution in [2.45, 2.75) is 6.42 Å². The molecule has 0 spiro atoms. The van der Waals surface area contributed by atoms with Gasteiger partial charge in [-0.15, -0.1) is 11.3 Å². The molecule has 3 heteroatoms. The molecule has 0 aliphatic heterocycles. The lowest BCUT2D eigenvalue weighted by atomic mass is 10.2. The molecule has 1 N–H and O–H groups in total. The highest BCUT2D eigenvalue weighted by atomic mass is 35.5. The molecule has 2 aromatic rings. The molecule has 0 fully saturated rings. The molecule has 1 aromatic carbocycles. The molecule has 0 saturated heterocycles. The van der Waals surface area contributed by atoms with Crippen molar-refractivity contribution in [1.82, 2.24) is 5.32 Å². The maximum atomic E-state index is 5.98. The third kappa shape index (κ3) is 2.85. The molecule has 0 aliphatic rings. The fourth-order valence-corrected chi connectivity index (χ4v) is 2.75. The Bertz CT molecular complexity index is 464. The lowest BCUT2D eigenvalue weighted by Crippen LogP contribution is -2.09. The SMILES string of the molecule is CNCCc1ccc(-c2cccc(Cl)c2)s1. The molecular weight excluding hydrogens is 238 g/mol. The lowest BCUT2D eigenvalue weighted by molar-refractivity contribution is 0.799. The van der Waals surface area contributed by atoms with Gasteiger partial charge in [-0.1, -0.05) is 23.7 Å². The Labute approximate surface area is 105 Å². The summed E-state index contributed by atoms with van der Waals surface area (Å²) in [5, 5.41) is 3.95. The highest BCUT2D eigenvalue weighted by molar-refractivity contribution is 7.15. The Morgan fingerprint density at radius 3 is 2.88 bits per heavy atom. The van der Waals surface area contributed by atoms with E-state index in [1.807, 2.05) is 36.6 Å². The van der Waals surface area contributed by atoms with Gasteiger partial charge in [0.1, 0.15) is 0 Å². The Hall–Kier alpha value is -0.830. The van der Waals surface area contributed by atoms with E-state index in [9.17, 15) is 0 Å². The van der Waals surface area contributed by atoms with Crippen molar-refractivity contribution in [2.24, 2.45) is 0 Å². The van der Waals surface area contributed by atoms with E-state index in [2.05, 4.69) is 23.5 Å². The molecule has 0 atom stereocenters. The summed E-state index contributed by atoms with van der Waals surface area (Å²) in [6.45, 7) is 1.02. The quantitative estimate of drug-likeness (QED) is 0.871. The van der Waals surface area contributed by atoms with Crippen molar-refractivity contribution >= 4 is 22.9 Å². The molecule has 0 aliphatic carbocycles. The molecule has 1 nitrogen and oxygen atoms in total. The first-order valence-electron chi connectivity index (χ1n) is 5.29. The number of hydrogen-bond donors (Lipinski definition) is 1. The maximum absolute atomic E-state index is 5.98. The topological polar surface area (TPSA) is 12.0 Å². The first kappa shape index (κ1) is 11.6. The highest BCUT2D eigenvalue weighted by Crippen LogP contribution is 2.29. The number of thiophene rings is 1. The predicted octanol–water partition coefficient (Wildman–Crippen LogP) is 3.83. The number of likely N-dealkylation sites (N-methyl/N-ethyl adjacent to an activating group) is 1. The van der Waals surface area contributed by atoms with Gasteiger partial charge < -0.3 is 5.32 Å². The zero-order valence-corrected chi connectivity index (χ0v) is 10.7. The summed E-state index contributed by atoms with van der Waals surface area (Å²) in [5.74, 6) is 0. The predicted molar refractivity (Wildman–Crippen MR) is 72.4 cm³/mol. The van der Waals surface area contributed by atoms with Crippen LogP contribution in [0.5, 0.6) is 0 Å². The number of rotatable bonds is 4. The van der Waals surface area contributed by atoms with E-state index < -0.39 is 0 Å². The van der Waals surface area contributed by atoms with E-state index in [0.717, 1.165) is 18.0 Å². The summed E-state index contributed by atoms with van der Waals surface area (Å²) in [7, 11) is 1.98. The van der Waals surface area contributed by atoms with Crippen LogP contribution in [0.25, 0.3) is 10.4 Å². The Kier molecular flexibility index (Phi) is 3.99. The van der Waals surface area contributed by atoms with Crippen molar-refractivity contribution < 1.29 is 0 Å². The third-order valence-electron chi connectivity index (χ3n) is 2.39. The van der Waals surface area contributed by atoms with Gasteiger partial charge in [0.15, 0.2) is 0 Å². The van der Waals surface area contributed by atoms with Crippen LogP contribution in [-0.2, 0) is 6.42 Å². The molecule has 2 rings (SSSR count). The minimum absolute atomic E-state index is 0.794. The minimum Gasteiger partial charge on any atom is -0.319 e. The summed E-state index contributed by atoms with van der Waals surface area (Å²) in [6, 6.07) is 12.4. The van der Waals surface area contributed by atoms with Gasteiger partial charge in [0.05, 0.1) is 0 Å². The van der Waals surface area contributed by atoms with Crippen molar-refractivity contribution in [3.63, 3.8) is 0 Å². The molecule has 84 valence electrons. The minimum atomic E-state index is 0.794. The van der Waals surface area contributed by atoms with Crippen LogP contribution < -0.4 is 5.32 Å². The largest absolute Gasteiger partial charge is 0.319 e. The number of halogens is 1. The van der Waals surface area contributed by atoms with Gasteiger partial charge in [-0.25, -0.2) is 0 Å². The zero-order valence-electron chi connectivity index (χ0n) is 9.16. The Morgan fingerprint density at radius 2 is 2.12 bits per heavy atom. The molecule has 0 bridgehead atoms. The van der Waals surface area contributed by atoms with Gasteiger partial charge in [0, 0.05) is 14.8 Å². The fourth-order valence-electron chi connectivity index (χ4n) is 1.56. The summed E-state index contributed by atoms with van der Waals surface area (Å²) < 4.78 is 0. The third-order valence-corrected chi connectivity index (χ3v) is 3.82. The van der Waals surface area contributed by atoms with Gasteiger partial charge >= 0.3 is 0 Å². The van der Waals surface area contributed by atoms with Crippen LogP contribution in [0.15, 0.2) is 36.4 Å². The Balaban J connectivity index is 2.18. The van der Waals surface area contributed by atoms with Crippen molar-refractivity contribution in [3.05, 3.63) is 46.3 Å². The van der Waals surface area contributed by atoms with E-state index in [1.54, 1.807) is 0 Å². The summed E-state index contributed by atoms with van der Waals surface area (Å²) in [5.41, 5.74) is 1.20. The number of hydrogen-bond acceptors (Lipinski definition) is 2. The second kappa shape index (κ2) is 5.48. The first-order valence-corrected chi connectivity index (χ1v) is 6.48. The van der Waals surface area contributed by atoms with Gasteiger partial charge in [0.25, 0.3) is 0 Å². The Morgan fingerprint density at radius 1 is 1.25 bits per heavy atom. The van der Waals surface area contributed by atoms with Crippen LogP contribution in [0, 0.1) is 0 Å². The molecule has 0 unspecified atom stereocenters. The van der Waals surface area contributed by atoms with Crippen LogP contribution in [0.3, 0.4) is 0 Å². The molecular formula is C13H14ClNS. The van der Waals surface area contributed by atoms with Crippen molar-refractivity contribution in [3.8, 4) is 10.4 Å². The summed E-state index contributed by atoms with van der Waals surface area (Å²) >= 11 is 7.82. The van der Waals surface area contributed by atoms with E-state index >= 15 is 0 Å². The molecule has 16 heavy (non-hydrogen) atoms. The molecule has 0 amide bonds. The van der Waals surface area contributed by atoms with Gasteiger partial charge in [-0.3, -0.25) is 0 Å². The second-order valence-electron chi connectivity index (χ2n) is 3.63. The summed E-state index contributed by atoms with van der Waals surface area (Å²) in [6.07, 6.45) is 1.09. The summed E-state index contributed by atoms with van der Waals surface area (Å²) in [4.78, 5) is 2.69. The maximum Gasteiger partial charge on any atom is 0.0412 e. The van der Waals surface area contributed by atoms with Gasteiger partial charge in [0.2, 0.25) is 0 Å². The molecule has 1 aromatic heterocycles. The van der Waals surface area contributed by atoms with Crippen LogP contribution >= 0.6 is 22.9 Å². The van der Waals surface area contributed by atoms with E-state index in [0.29, 0.717) is 0 Å². The standard InChI is InChI=1S/C13H14ClNS/c1-15-8-7-12-5-6-13(16-12)10-3-2-4-11(14)9-10/h2-6,9,15H,7-8H2,1H3. The van der Waals surface area contributed by atoms with Crippen molar-refractivity contribution in [1.29, 1.82) is 0 Å².